The molecular weight excluding hydrogens is 274 g/mol. The van der Waals surface area contributed by atoms with Crippen LogP contribution < -0.4 is 5.32 Å². The van der Waals surface area contributed by atoms with Gasteiger partial charge in [0.1, 0.15) is 5.82 Å². The molecule has 1 aliphatic heterocycles. The summed E-state index contributed by atoms with van der Waals surface area (Å²) in [5.74, 6) is -0.514. The predicted molar refractivity (Wildman–Crippen MR) is 66.6 cm³/mol. The van der Waals surface area contributed by atoms with Gasteiger partial charge in [-0.05, 0) is 43.0 Å². The first kappa shape index (κ1) is 15.3. The standard InChI is InChI=1S/C14H17F4NO/c1-9-11(2-3-20-9)8-19-7-10-4-12(14(16,17)18)6-13(15)5-10/h4-6,9,11,19H,2-3,7-8H2,1H3. The zero-order valence-electron chi connectivity index (χ0n) is 11.1. The number of hydrogen-bond donors (Lipinski definition) is 1. The van der Waals surface area contributed by atoms with Gasteiger partial charge in [-0.25, -0.2) is 4.39 Å². The maximum absolute atomic E-state index is 13.2. The highest BCUT2D eigenvalue weighted by atomic mass is 19.4. The SMILES string of the molecule is CC1OCCC1CNCc1cc(F)cc(C(F)(F)F)c1. The van der Waals surface area contributed by atoms with Gasteiger partial charge in [-0.3, -0.25) is 0 Å². The van der Waals surface area contributed by atoms with Crippen LogP contribution in [0.2, 0.25) is 0 Å². The van der Waals surface area contributed by atoms with Gasteiger partial charge in [0, 0.05) is 19.7 Å². The molecule has 0 aliphatic carbocycles. The molecule has 1 fully saturated rings. The smallest absolute Gasteiger partial charge is 0.378 e. The summed E-state index contributed by atoms with van der Waals surface area (Å²) in [7, 11) is 0. The summed E-state index contributed by atoms with van der Waals surface area (Å²) in [6.45, 7) is 3.55. The van der Waals surface area contributed by atoms with Crippen molar-refractivity contribution in [2.75, 3.05) is 13.2 Å². The van der Waals surface area contributed by atoms with E-state index in [1.54, 1.807) is 0 Å². The Hall–Kier alpha value is -1.14. The molecule has 1 aromatic carbocycles. The lowest BCUT2D eigenvalue weighted by Crippen LogP contribution is -2.26. The lowest BCUT2D eigenvalue weighted by Gasteiger charge is -2.15. The average Bonchev–Trinajstić information content (AvgIpc) is 2.73. The van der Waals surface area contributed by atoms with Crippen molar-refractivity contribution in [2.45, 2.75) is 32.2 Å². The molecule has 1 N–H and O–H groups in total. The molecular formula is C14H17F4NO. The topological polar surface area (TPSA) is 21.3 Å². The van der Waals surface area contributed by atoms with Crippen LogP contribution in [0, 0.1) is 11.7 Å². The quantitative estimate of drug-likeness (QED) is 0.859. The molecule has 2 nitrogen and oxygen atoms in total. The summed E-state index contributed by atoms with van der Waals surface area (Å²) in [4.78, 5) is 0. The van der Waals surface area contributed by atoms with E-state index >= 15 is 0 Å². The van der Waals surface area contributed by atoms with Gasteiger partial charge in [0.05, 0.1) is 11.7 Å². The highest BCUT2D eigenvalue weighted by molar-refractivity contribution is 5.26. The summed E-state index contributed by atoms with van der Waals surface area (Å²) in [6, 6.07) is 2.61. The van der Waals surface area contributed by atoms with Crippen LogP contribution in [0.5, 0.6) is 0 Å². The van der Waals surface area contributed by atoms with Gasteiger partial charge in [0.15, 0.2) is 0 Å². The van der Waals surface area contributed by atoms with Gasteiger partial charge in [0.2, 0.25) is 0 Å². The number of nitrogens with one attached hydrogen (secondary N) is 1. The molecule has 0 saturated carbocycles. The molecule has 0 aromatic heterocycles. The van der Waals surface area contributed by atoms with Crippen molar-refractivity contribution >= 4 is 0 Å². The lowest BCUT2D eigenvalue weighted by atomic mass is 10.0. The first-order chi connectivity index (χ1) is 9.36. The van der Waals surface area contributed by atoms with Crippen LogP contribution in [0.4, 0.5) is 17.6 Å². The average molecular weight is 291 g/mol. The molecule has 6 heteroatoms. The molecule has 20 heavy (non-hydrogen) atoms. The van der Waals surface area contributed by atoms with E-state index in [4.69, 9.17) is 4.74 Å². The van der Waals surface area contributed by atoms with Crippen LogP contribution >= 0.6 is 0 Å². The molecule has 0 spiro atoms. The molecule has 2 rings (SSSR count). The first-order valence-corrected chi connectivity index (χ1v) is 6.55. The summed E-state index contributed by atoms with van der Waals surface area (Å²) < 4.78 is 56.3. The third-order valence-electron chi connectivity index (χ3n) is 3.55. The molecule has 1 aromatic rings. The third-order valence-corrected chi connectivity index (χ3v) is 3.55. The van der Waals surface area contributed by atoms with Gasteiger partial charge in [-0.1, -0.05) is 0 Å². The van der Waals surface area contributed by atoms with E-state index in [0.29, 0.717) is 30.7 Å². The van der Waals surface area contributed by atoms with E-state index < -0.39 is 17.6 Å². The number of hydrogen-bond acceptors (Lipinski definition) is 2. The molecule has 1 heterocycles. The van der Waals surface area contributed by atoms with E-state index in [0.717, 1.165) is 18.6 Å². The van der Waals surface area contributed by atoms with Crippen molar-refractivity contribution in [2.24, 2.45) is 5.92 Å². The molecule has 0 radical (unpaired) electrons. The van der Waals surface area contributed by atoms with Gasteiger partial charge in [-0.2, -0.15) is 13.2 Å². The van der Waals surface area contributed by atoms with Crippen LogP contribution in [0.15, 0.2) is 18.2 Å². The Balaban J connectivity index is 1.94. The van der Waals surface area contributed by atoms with E-state index in [2.05, 4.69) is 5.32 Å². The lowest BCUT2D eigenvalue weighted by molar-refractivity contribution is -0.137. The summed E-state index contributed by atoms with van der Waals surface area (Å²) in [6.07, 6.45) is -3.43. The largest absolute Gasteiger partial charge is 0.416 e. The minimum atomic E-state index is -4.52. The van der Waals surface area contributed by atoms with Crippen molar-refractivity contribution in [3.8, 4) is 0 Å². The predicted octanol–water partition coefficient (Wildman–Crippen LogP) is 3.36. The molecule has 0 amide bonds. The van der Waals surface area contributed by atoms with Crippen LogP contribution in [-0.2, 0) is 17.5 Å². The number of halogens is 4. The summed E-state index contributed by atoms with van der Waals surface area (Å²) >= 11 is 0. The Labute approximate surface area is 115 Å². The van der Waals surface area contributed by atoms with Crippen LogP contribution in [0.3, 0.4) is 0 Å². The minimum Gasteiger partial charge on any atom is -0.378 e. The number of benzene rings is 1. The van der Waals surface area contributed by atoms with Gasteiger partial charge in [0.25, 0.3) is 0 Å². The molecule has 2 unspecified atom stereocenters. The number of ether oxygens (including phenoxy) is 1. The van der Waals surface area contributed by atoms with Crippen molar-refractivity contribution in [3.63, 3.8) is 0 Å². The summed E-state index contributed by atoms with van der Waals surface area (Å²) in [5, 5.41) is 3.07. The third kappa shape index (κ3) is 3.93. The fraction of sp³-hybridized carbons (Fsp3) is 0.571. The van der Waals surface area contributed by atoms with Gasteiger partial charge >= 0.3 is 6.18 Å². The van der Waals surface area contributed by atoms with E-state index in [-0.39, 0.29) is 12.6 Å². The Bertz CT molecular complexity index is 461. The van der Waals surface area contributed by atoms with Gasteiger partial charge in [-0.15, -0.1) is 0 Å². The van der Waals surface area contributed by atoms with Gasteiger partial charge < -0.3 is 10.1 Å². The van der Waals surface area contributed by atoms with Crippen LogP contribution in [-0.4, -0.2) is 19.3 Å². The molecule has 0 bridgehead atoms. The fourth-order valence-electron chi connectivity index (χ4n) is 2.36. The monoisotopic (exact) mass is 291 g/mol. The maximum atomic E-state index is 13.2. The van der Waals surface area contributed by atoms with Crippen molar-refractivity contribution in [1.82, 2.24) is 5.32 Å². The zero-order chi connectivity index (χ0) is 14.8. The van der Waals surface area contributed by atoms with E-state index in [9.17, 15) is 17.6 Å². The highest BCUT2D eigenvalue weighted by Gasteiger charge is 2.31. The highest BCUT2D eigenvalue weighted by Crippen LogP contribution is 2.30. The molecule has 2 atom stereocenters. The molecule has 112 valence electrons. The van der Waals surface area contributed by atoms with Crippen molar-refractivity contribution in [3.05, 3.63) is 35.1 Å². The van der Waals surface area contributed by atoms with Crippen molar-refractivity contribution < 1.29 is 22.3 Å². The maximum Gasteiger partial charge on any atom is 0.416 e. The second kappa shape index (κ2) is 6.10. The Morgan fingerprint density at radius 3 is 2.65 bits per heavy atom. The normalized spacial score (nSPS) is 23.2. The van der Waals surface area contributed by atoms with Crippen LogP contribution in [0.1, 0.15) is 24.5 Å². The fourth-order valence-corrected chi connectivity index (χ4v) is 2.36. The summed E-state index contributed by atoms with van der Waals surface area (Å²) in [5.41, 5.74) is -0.657. The van der Waals surface area contributed by atoms with Crippen molar-refractivity contribution in [1.29, 1.82) is 0 Å². The number of alkyl halides is 3. The Morgan fingerprint density at radius 2 is 2.05 bits per heavy atom. The minimum absolute atomic E-state index is 0.153. The van der Waals surface area contributed by atoms with E-state index in [1.165, 1.54) is 0 Å². The molecule has 1 aliphatic rings. The number of rotatable bonds is 4. The second-order valence-corrected chi connectivity index (χ2v) is 5.10. The van der Waals surface area contributed by atoms with E-state index in [1.807, 2.05) is 6.92 Å². The van der Waals surface area contributed by atoms with Crippen LogP contribution in [0.25, 0.3) is 0 Å². The zero-order valence-corrected chi connectivity index (χ0v) is 11.1. The first-order valence-electron chi connectivity index (χ1n) is 6.55. The Kier molecular flexibility index (Phi) is 4.65. The Morgan fingerprint density at radius 1 is 1.30 bits per heavy atom. The second-order valence-electron chi connectivity index (χ2n) is 5.10. The molecule has 1 saturated heterocycles.